The third kappa shape index (κ3) is 6.63. The summed E-state index contributed by atoms with van der Waals surface area (Å²) in [6.07, 6.45) is 4.13. The fraction of sp³-hybridized carbons (Fsp3) is 0.522. The van der Waals surface area contributed by atoms with Crippen molar-refractivity contribution in [1.82, 2.24) is 20.1 Å². The summed E-state index contributed by atoms with van der Waals surface area (Å²) in [6.45, 7) is 8.46. The maximum Gasteiger partial charge on any atom is 0.191 e. The van der Waals surface area contributed by atoms with Gasteiger partial charge in [0.2, 0.25) is 0 Å². The van der Waals surface area contributed by atoms with Crippen LogP contribution in [0.1, 0.15) is 18.5 Å². The van der Waals surface area contributed by atoms with Crippen molar-refractivity contribution in [1.29, 1.82) is 0 Å². The topological polar surface area (TPSA) is 72.3 Å². The molecule has 1 aliphatic heterocycles. The first-order chi connectivity index (χ1) is 15.2. The number of morpholine rings is 1. The molecule has 2 aromatic rings. The molecule has 1 aromatic heterocycles. The van der Waals surface area contributed by atoms with Crippen molar-refractivity contribution < 1.29 is 14.2 Å². The van der Waals surface area contributed by atoms with E-state index in [1.54, 1.807) is 14.2 Å². The Kier molecular flexibility index (Phi) is 9.05. The Labute approximate surface area is 185 Å². The highest BCUT2D eigenvalue weighted by atomic mass is 16.5. The van der Waals surface area contributed by atoms with Gasteiger partial charge in [0.25, 0.3) is 0 Å². The van der Waals surface area contributed by atoms with Gasteiger partial charge in [-0.25, -0.2) is 0 Å². The van der Waals surface area contributed by atoms with Crippen LogP contribution in [0.3, 0.4) is 0 Å². The maximum atomic E-state index is 5.57. The lowest BCUT2D eigenvalue weighted by molar-refractivity contribution is 0.0179. The molecule has 0 spiro atoms. The Bertz CT molecular complexity index is 804. The molecule has 170 valence electrons. The average Bonchev–Trinajstić information content (AvgIpc) is 3.33. The van der Waals surface area contributed by atoms with E-state index in [9.17, 15) is 0 Å². The van der Waals surface area contributed by atoms with E-state index in [1.807, 2.05) is 18.2 Å². The van der Waals surface area contributed by atoms with Crippen molar-refractivity contribution in [2.24, 2.45) is 4.99 Å². The first-order valence-electron chi connectivity index (χ1n) is 10.9. The Morgan fingerprint density at radius 3 is 2.52 bits per heavy atom. The molecule has 1 aliphatic rings. The van der Waals surface area contributed by atoms with Crippen LogP contribution in [0.25, 0.3) is 0 Å². The molecule has 2 heterocycles. The summed E-state index contributed by atoms with van der Waals surface area (Å²) in [7, 11) is 3.32. The maximum absolute atomic E-state index is 5.57. The summed E-state index contributed by atoms with van der Waals surface area (Å²) in [4.78, 5) is 7.34. The molecular weight excluding hydrogens is 394 g/mol. The second-order valence-corrected chi connectivity index (χ2v) is 7.35. The normalized spacial score (nSPS) is 16.0. The zero-order valence-corrected chi connectivity index (χ0v) is 18.8. The molecule has 0 amide bonds. The number of nitrogens with one attached hydrogen (secondary N) is 2. The van der Waals surface area contributed by atoms with Gasteiger partial charge in [-0.15, -0.1) is 0 Å². The smallest absolute Gasteiger partial charge is 0.191 e. The third-order valence-corrected chi connectivity index (χ3v) is 5.37. The van der Waals surface area contributed by atoms with E-state index in [0.717, 1.165) is 69.0 Å². The molecule has 1 aromatic carbocycles. The molecule has 3 rings (SSSR count). The van der Waals surface area contributed by atoms with Gasteiger partial charge < -0.3 is 29.4 Å². The lowest BCUT2D eigenvalue weighted by Crippen LogP contribution is -2.42. The third-order valence-electron chi connectivity index (χ3n) is 5.37. The molecule has 8 nitrogen and oxygen atoms in total. The number of benzene rings is 1. The highest BCUT2D eigenvalue weighted by Crippen LogP contribution is 2.32. The number of hydrogen-bond donors (Lipinski definition) is 2. The van der Waals surface area contributed by atoms with Crippen molar-refractivity contribution in [2.45, 2.75) is 19.5 Å². The number of aromatic nitrogens is 1. The fourth-order valence-electron chi connectivity index (χ4n) is 3.72. The Hall–Kier alpha value is -2.71. The van der Waals surface area contributed by atoms with Crippen LogP contribution in [0.2, 0.25) is 0 Å². The quantitative estimate of drug-likeness (QED) is 0.445. The van der Waals surface area contributed by atoms with E-state index in [2.05, 4.69) is 51.6 Å². The average molecular weight is 430 g/mol. The minimum absolute atomic E-state index is 0.128. The molecule has 2 N–H and O–H groups in total. The van der Waals surface area contributed by atoms with E-state index in [-0.39, 0.29) is 6.04 Å². The van der Waals surface area contributed by atoms with Gasteiger partial charge in [-0.1, -0.05) is 6.07 Å². The SMILES string of the molecule is CCNC(=NCC(c1ccc(OC)c(OC)c1)N1CCOCC1)NCCn1cccc1. The van der Waals surface area contributed by atoms with Crippen molar-refractivity contribution in [2.75, 3.05) is 60.2 Å². The summed E-state index contributed by atoms with van der Waals surface area (Å²) in [5.41, 5.74) is 1.16. The van der Waals surface area contributed by atoms with Gasteiger partial charge in [-0.05, 0) is 36.8 Å². The van der Waals surface area contributed by atoms with E-state index in [0.29, 0.717) is 6.54 Å². The molecule has 0 radical (unpaired) electrons. The van der Waals surface area contributed by atoms with Crippen molar-refractivity contribution in [3.8, 4) is 11.5 Å². The molecular formula is C23H35N5O3. The number of methoxy groups -OCH3 is 2. The second kappa shape index (κ2) is 12.2. The van der Waals surface area contributed by atoms with Crippen LogP contribution in [0.4, 0.5) is 0 Å². The Balaban J connectivity index is 1.74. The standard InChI is InChI=1S/C23H35N5O3/c1-4-24-23(25-9-12-27-10-5-6-11-27)26-18-20(28-13-15-31-16-14-28)19-7-8-21(29-2)22(17-19)30-3/h5-8,10-11,17,20H,4,9,12-16,18H2,1-3H3,(H2,24,25,26). The van der Waals surface area contributed by atoms with Crippen LogP contribution >= 0.6 is 0 Å². The monoisotopic (exact) mass is 429 g/mol. The molecule has 0 bridgehead atoms. The Morgan fingerprint density at radius 2 is 1.84 bits per heavy atom. The van der Waals surface area contributed by atoms with Crippen molar-refractivity contribution >= 4 is 5.96 Å². The van der Waals surface area contributed by atoms with Gasteiger partial charge in [0.1, 0.15) is 0 Å². The van der Waals surface area contributed by atoms with Gasteiger partial charge in [0.15, 0.2) is 17.5 Å². The molecule has 1 unspecified atom stereocenters. The fourth-order valence-corrected chi connectivity index (χ4v) is 3.72. The number of aliphatic imine (C=N–C) groups is 1. The molecule has 1 atom stereocenters. The van der Waals surface area contributed by atoms with Gasteiger partial charge in [-0.2, -0.15) is 0 Å². The molecule has 1 saturated heterocycles. The van der Waals surface area contributed by atoms with Crippen molar-refractivity contribution in [3.05, 3.63) is 48.3 Å². The van der Waals surface area contributed by atoms with Crippen LogP contribution in [0, 0.1) is 0 Å². The number of guanidine groups is 1. The predicted octanol–water partition coefficient (Wildman–Crippen LogP) is 2.13. The van der Waals surface area contributed by atoms with Crippen LogP contribution in [0.5, 0.6) is 11.5 Å². The van der Waals surface area contributed by atoms with Gasteiger partial charge >= 0.3 is 0 Å². The van der Waals surface area contributed by atoms with Crippen LogP contribution < -0.4 is 20.1 Å². The molecule has 8 heteroatoms. The van der Waals surface area contributed by atoms with E-state index in [1.165, 1.54) is 0 Å². The number of rotatable bonds is 10. The highest BCUT2D eigenvalue weighted by molar-refractivity contribution is 5.79. The molecule has 31 heavy (non-hydrogen) atoms. The minimum atomic E-state index is 0.128. The van der Waals surface area contributed by atoms with Crippen molar-refractivity contribution in [3.63, 3.8) is 0 Å². The van der Waals surface area contributed by atoms with Gasteiger partial charge in [0.05, 0.1) is 40.0 Å². The lowest BCUT2D eigenvalue weighted by Gasteiger charge is -2.34. The largest absolute Gasteiger partial charge is 0.493 e. The minimum Gasteiger partial charge on any atom is -0.493 e. The van der Waals surface area contributed by atoms with E-state index in [4.69, 9.17) is 19.2 Å². The summed E-state index contributed by atoms with van der Waals surface area (Å²) in [5.74, 6) is 2.29. The van der Waals surface area contributed by atoms with Crippen LogP contribution in [-0.4, -0.2) is 75.6 Å². The van der Waals surface area contributed by atoms with Gasteiger partial charge in [0, 0.05) is 45.1 Å². The summed E-state index contributed by atoms with van der Waals surface area (Å²) < 4.78 is 18.7. The van der Waals surface area contributed by atoms with Gasteiger partial charge in [-0.3, -0.25) is 9.89 Å². The predicted molar refractivity (Wildman–Crippen MR) is 123 cm³/mol. The molecule has 0 saturated carbocycles. The highest BCUT2D eigenvalue weighted by Gasteiger charge is 2.24. The first-order valence-corrected chi connectivity index (χ1v) is 10.9. The van der Waals surface area contributed by atoms with Crippen LogP contribution in [-0.2, 0) is 11.3 Å². The summed E-state index contributed by atoms with van der Waals surface area (Å²) >= 11 is 0. The summed E-state index contributed by atoms with van der Waals surface area (Å²) in [6, 6.07) is 10.3. The molecule has 0 aliphatic carbocycles. The lowest BCUT2D eigenvalue weighted by atomic mass is 10.0. The zero-order valence-electron chi connectivity index (χ0n) is 18.8. The summed E-state index contributed by atoms with van der Waals surface area (Å²) in [5, 5.41) is 6.79. The van der Waals surface area contributed by atoms with Crippen LogP contribution in [0.15, 0.2) is 47.7 Å². The first kappa shape index (κ1) is 23.0. The number of hydrogen-bond acceptors (Lipinski definition) is 5. The number of nitrogens with zero attached hydrogens (tertiary/aromatic N) is 3. The number of ether oxygens (including phenoxy) is 3. The second-order valence-electron chi connectivity index (χ2n) is 7.35. The van der Waals surface area contributed by atoms with E-state index < -0.39 is 0 Å². The molecule has 1 fully saturated rings. The Morgan fingerprint density at radius 1 is 1.10 bits per heavy atom. The van der Waals surface area contributed by atoms with E-state index >= 15 is 0 Å². The zero-order chi connectivity index (χ0) is 21.9.